The van der Waals surface area contributed by atoms with Crippen molar-refractivity contribution in [1.82, 2.24) is 4.90 Å². The number of hydrogen-bond donors (Lipinski definition) is 1. The van der Waals surface area contributed by atoms with Crippen molar-refractivity contribution >= 4 is 18.3 Å². The van der Waals surface area contributed by atoms with Crippen molar-refractivity contribution in [3.05, 3.63) is 0 Å². The molecule has 0 radical (unpaired) electrons. The highest BCUT2D eigenvalue weighted by molar-refractivity contribution is 5.85. The van der Waals surface area contributed by atoms with E-state index in [0.29, 0.717) is 12.5 Å². The zero-order valence-corrected chi connectivity index (χ0v) is 14.0. The fourth-order valence-electron chi connectivity index (χ4n) is 2.85. The first-order valence-corrected chi connectivity index (χ1v) is 7.63. The molecule has 0 bridgehead atoms. The summed E-state index contributed by atoms with van der Waals surface area (Å²) in [5, 5.41) is 0. The summed E-state index contributed by atoms with van der Waals surface area (Å²) in [6.45, 7) is 7.14. The highest BCUT2D eigenvalue weighted by atomic mass is 35.5. The third-order valence-electron chi connectivity index (χ3n) is 4.76. The smallest absolute Gasteiger partial charge is 0.229 e. The Bertz CT molecular complexity index is 269. The van der Waals surface area contributed by atoms with Crippen molar-refractivity contribution in [3.8, 4) is 0 Å². The first kappa shape index (κ1) is 19.7. The molecule has 0 aromatic heterocycles. The second kappa shape index (κ2) is 9.59. The van der Waals surface area contributed by atoms with E-state index in [0.717, 1.165) is 51.9 Å². The number of halogens is 1. The summed E-state index contributed by atoms with van der Waals surface area (Å²) in [5.41, 5.74) is 5.49. The minimum absolute atomic E-state index is 0. The van der Waals surface area contributed by atoms with Gasteiger partial charge in [0.05, 0.1) is 5.41 Å². The van der Waals surface area contributed by atoms with Gasteiger partial charge in [0.25, 0.3) is 0 Å². The topological polar surface area (TPSA) is 55.6 Å². The Kier molecular flexibility index (Phi) is 9.43. The Balaban J connectivity index is 0.00000361. The molecule has 2 N–H and O–H groups in total. The molecular weight excluding hydrogens is 276 g/mol. The number of rotatable bonds is 7. The zero-order chi connectivity index (χ0) is 14.3. The largest absolute Gasteiger partial charge is 0.381 e. The molecular formula is C15H31ClN2O2. The third-order valence-corrected chi connectivity index (χ3v) is 4.76. The van der Waals surface area contributed by atoms with Crippen LogP contribution in [0.5, 0.6) is 0 Å². The average Bonchev–Trinajstić information content (AvgIpc) is 2.48. The predicted octanol–water partition coefficient (Wildman–Crippen LogP) is 2.45. The van der Waals surface area contributed by atoms with E-state index in [-0.39, 0.29) is 23.7 Å². The van der Waals surface area contributed by atoms with Crippen LogP contribution in [0.15, 0.2) is 0 Å². The minimum Gasteiger partial charge on any atom is -0.381 e. The molecule has 1 amide bonds. The van der Waals surface area contributed by atoms with Crippen molar-refractivity contribution in [2.24, 2.45) is 17.1 Å². The van der Waals surface area contributed by atoms with Gasteiger partial charge in [-0.2, -0.15) is 0 Å². The number of ether oxygens (including phenoxy) is 1. The standard InChI is InChI=1S/C15H30N2O2.ClH/c1-4-15(5-2,12-16)14(18)17(3)9-6-13-7-10-19-11-8-13;/h13H,4-12,16H2,1-3H3;1H. The van der Waals surface area contributed by atoms with Gasteiger partial charge in [0, 0.05) is 33.4 Å². The molecule has 0 spiro atoms. The Morgan fingerprint density at radius 3 is 2.30 bits per heavy atom. The van der Waals surface area contributed by atoms with E-state index < -0.39 is 0 Å². The molecule has 0 atom stereocenters. The number of nitrogens with two attached hydrogens (primary N) is 1. The quantitative estimate of drug-likeness (QED) is 0.786. The lowest BCUT2D eigenvalue weighted by Crippen LogP contribution is -2.46. The molecule has 1 fully saturated rings. The van der Waals surface area contributed by atoms with E-state index in [1.165, 1.54) is 0 Å². The monoisotopic (exact) mass is 306 g/mol. The lowest BCUT2D eigenvalue weighted by Gasteiger charge is -2.34. The van der Waals surface area contributed by atoms with Gasteiger partial charge in [-0.05, 0) is 38.0 Å². The average molecular weight is 307 g/mol. The van der Waals surface area contributed by atoms with Gasteiger partial charge < -0.3 is 15.4 Å². The van der Waals surface area contributed by atoms with Crippen LogP contribution < -0.4 is 5.73 Å². The Morgan fingerprint density at radius 1 is 1.30 bits per heavy atom. The fraction of sp³-hybridized carbons (Fsp3) is 0.933. The number of nitrogens with zero attached hydrogens (tertiary/aromatic N) is 1. The molecule has 120 valence electrons. The van der Waals surface area contributed by atoms with Gasteiger partial charge in [0.15, 0.2) is 0 Å². The van der Waals surface area contributed by atoms with Crippen LogP contribution in [-0.4, -0.2) is 44.2 Å². The van der Waals surface area contributed by atoms with Gasteiger partial charge in [-0.3, -0.25) is 4.79 Å². The zero-order valence-electron chi connectivity index (χ0n) is 13.2. The van der Waals surface area contributed by atoms with Gasteiger partial charge in [0.2, 0.25) is 5.91 Å². The second-order valence-corrected chi connectivity index (χ2v) is 5.76. The number of carbonyl (C=O) groups is 1. The number of amides is 1. The molecule has 1 aliphatic heterocycles. The first-order valence-electron chi connectivity index (χ1n) is 7.63. The van der Waals surface area contributed by atoms with Crippen LogP contribution in [0.3, 0.4) is 0 Å². The van der Waals surface area contributed by atoms with Crippen molar-refractivity contribution < 1.29 is 9.53 Å². The van der Waals surface area contributed by atoms with Crippen molar-refractivity contribution in [2.45, 2.75) is 46.0 Å². The molecule has 5 heteroatoms. The van der Waals surface area contributed by atoms with Gasteiger partial charge >= 0.3 is 0 Å². The summed E-state index contributed by atoms with van der Waals surface area (Å²) in [5.74, 6) is 0.923. The van der Waals surface area contributed by atoms with Gasteiger partial charge in [0.1, 0.15) is 0 Å². The molecule has 0 aliphatic carbocycles. The van der Waals surface area contributed by atoms with Crippen LogP contribution in [0, 0.1) is 11.3 Å². The van der Waals surface area contributed by atoms with Crippen LogP contribution >= 0.6 is 12.4 Å². The molecule has 1 heterocycles. The Labute approximate surface area is 129 Å². The molecule has 0 saturated carbocycles. The van der Waals surface area contributed by atoms with E-state index in [4.69, 9.17) is 10.5 Å². The number of carbonyl (C=O) groups excluding carboxylic acids is 1. The lowest BCUT2D eigenvalue weighted by atomic mass is 9.81. The molecule has 1 rings (SSSR count). The van der Waals surface area contributed by atoms with Crippen molar-refractivity contribution in [1.29, 1.82) is 0 Å². The summed E-state index contributed by atoms with van der Waals surface area (Å²) in [7, 11) is 1.91. The van der Waals surface area contributed by atoms with E-state index >= 15 is 0 Å². The van der Waals surface area contributed by atoms with Crippen LogP contribution in [-0.2, 0) is 9.53 Å². The maximum atomic E-state index is 12.6. The molecule has 0 aromatic rings. The Hall–Kier alpha value is -0.320. The summed E-state index contributed by atoms with van der Waals surface area (Å²) in [4.78, 5) is 14.4. The highest BCUT2D eigenvalue weighted by Gasteiger charge is 2.35. The summed E-state index contributed by atoms with van der Waals surface area (Å²) < 4.78 is 5.36. The van der Waals surface area contributed by atoms with Gasteiger partial charge in [-0.15, -0.1) is 12.4 Å². The van der Waals surface area contributed by atoms with E-state index in [9.17, 15) is 4.79 Å². The molecule has 20 heavy (non-hydrogen) atoms. The van der Waals surface area contributed by atoms with E-state index in [1.807, 2.05) is 11.9 Å². The van der Waals surface area contributed by atoms with Crippen LogP contribution in [0.4, 0.5) is 0 Å². The molecule has 1 aliphatic rings. The second-order valence-electron chi connectivity index (χ2n) is 5.76. The van der Waals surface area contributed by atoms with E-state index in [2.05, 4.69) is 13.8 Å². The Morgan fingerprint density at radius 2 is 1.85 bits per heavy atom. The minimum atomic E-state index is -0.357. The maximum Gasteiger partial charge on any atom is 0.229 e. The number of hydrogen-bond acceptors (Lipinski definition) is 3. The lowest BCUT2D eigenvalue weighted by molar-refractivity contribution is -0.141. The van der Waals surface area contributed by atoms with E-state index in [1.54, 1.807) is 0 Å². The predicted molar refractivity (Wildman–Crippen MR) is 85.1 cm³/mol. The van der Waals surface area contributed by atoms with Crippen LogP contribution in [0.2, 0.25) is 0 Å². The summed E-state index contributed by atoms with van der Waals surface area (Å²) >= 11 is 0. The van der Waals surface area contributed by atoms with Gasteiger partial charge in [-0.1, -0.05) is 13.8 Å². The van der Waals surface area contributed by atoms with Crippen LogP contribution in [0.25, 0.3) is 0 Å². The summed E-state index contributed by atoms with van der Waals surface area (Å²) in [6.07, 6.45) is 4.98. The molecule has 1 saturated heterocycles. The summed E-state index contributed by atoms with van der Waals surface area (Å²) in [6, 6.07) is 0. The normalized spacial score (nSPS) is 16.6. The maximum absolute atomic E-state index is 12.6. The fourth-order valence-corrected chi connectivity index (χ4v) is 2.85. The van der Waals surface area contributed by atoms with Crippen molar-refractivity contribution in [3.63, 3.8) is 0 Å². The molecule has 0 unspecified atom stereocenters. The molecule has 0 aromatic carbocycles. The first-order chi connectivity index (χ1) is 9.09. The highest BCUT2D eigenvalue weighted by Crippen LogP contribution is 2.28. The SMILES string of the molecule is CCC(CC)(CN)C(=O)N(C)CCC1CCOCC1.Cl. The van der Waals surface area contributed by atoms with Gasteiger partial charge in [-0.25, -0.2) is 0 Å². The molecule has 4 nitrogen and oxygen atoms in total. The third kappa shape index (κ3) is 4.90. The van der Waals surface area contributed by atoms with Crippen molar-refractivity contribution in [2.75, 3.05) is 33.4 Å². The van der Waals surface area contributed by atoms with Crippen LogP contribution in [0.1, 0.15) is 46.0 Å².